The van der Waals surface area contributed by atoms with E-state index < -0.39 is 0 Å². The van der Waals surface area contributed by atoms with E-state index in [2.05, 4.69) is 39.5 Å². The highest BCUT2D eigenvalue weighted by Gasteiger charge is 2.32. The van der Waals surface area contributed by atoms with Crippen LogP contribution in [-0.2, 0) is 29.2 Å². The van der Waals surface area contributed by atoms with Crippen LogP contribution in [0.3, 0.4) is 0 Å². The number of methoxy groups -OCH3 is 2. The first-order valence-corrected chi connectivity index (χ1v) is 23.3. The number of nitrogens with zero attached hydrogens (tertiary/aromatic N) is 2. The lowest BCUT2D eigenvalue weighted by molar-refractivity contribution is 0.0592. The second kappa shape index (κ2) is 18.4. The Kier molecular flexibility index (Phi) is 12.0. The number of aromatic nitrogens is 2. The van der Waals surface area contributed by atoms with Gasteiger partial charge in [-0.05, 0) is 103 Å². The molecule has 4 aliphatic rings. The number of carbonyl (C=O) groups excluding carboxylic acids is 2. The minimum absolute atomic E-state index is 0.209. The van der Waals surface area contributed by atoms with E-state index >= 15 is 0 Å². The van der Waals surface area contributed by atoms with Gasteiger partial charge in [-0.2, -0.15) is 0 Å². The van der Waals surface area contributed by atoms with Gasteiger partial charge in [0.15, 0.2) is 0 Å². The average molecular weight is 873 g/mol. The third kappa shape index (κ3) is 8.19. The number of phenolic OH excluding ortho intramolecular Hbond substituents is 1. The van der Waals surface area contributed by atoms with E-state index in [1.165, 1.54) is 112 Å². The van der Waals surface area contributed by atoms with Crippen molar-refractivity contribution in [2.24, 2.45) is 0 Å². The highest BCUT2D eigenvalue weighted by molar-refractivity contribution is 6.00. The van der Waals surface area contributed by atoms with Crippen LogP contribution in [-0.4, -0.2) is 53.6 Å². The number of hydrogen-bond donors (Lipinski definition) is 1. The summed E-state index contributed by atoms with van der Waals surface area (Å²) in [6.45, 7) is 3.00. The van der Waals surface area contributed by atoms with Crippen LogP contribution in [0, 0.1) is 0 Å². The third-order valence-corrected chi connectivity index (χ3v) is 13.9. The van der Waals surface area contributed by atoms with Gasteiger partial charge in [0.1, 0.15) is 42.8 Å². The molecule has 2 aliphatic heterocycles. The number of fused-ring (bicyclic) bond motifs is 10. The maximum Gasteiger partial charge on any atom is 0.337 e. The number of phenols is 1. The first-order chi connectivity index (χ1) is 31.9. The van der Waals surface area contributed by atoms with E-state index in [4.69, 9.17) is 23.7 Å². The Hall–Kier alpha value is -6.68. The van der Waals surface area contributed by atoms with E-state index in [-0.39, 0.29) is 17.7 Å². The standard InChI is InChI=1S/C31H31NO4.C24H25NO4/c1-34-31(33)23-12-14-25-27(18-23)32-16-17-35-28-19-24(36-20-21-8-4-2-5-9-21)13-15-26(28)30(32)29(25)22-10-6-3-7-11-22;1-28-24(27)16-7-9-18-20(13-16)25-11-12-29-21-14-17(26)8-10-19(21)23(25)22(18)15-5-3-2-4-6-15/h2,4-5,8-9,12-15,18-19,22H,3,6-7,10-11,16-17,20H2,1H3;7-10,13-15,26H,2-6,11-12H2,1H3. The second-order valence-corrected chi connectivity index (χ2v) is 17.8. The van der Waals surface area contributed by atoms with Gasteiger partial charge in [-0.3, -0.25) is 0 Å². The second-order valence-electron chi connectivity index (χ2n) is 17.8. The zero-order chi connectivity index (χ0) is 44.4. The van der Waals surface area contributed by atoms with Crippen LogP contribution in [0.2, 0.25) is 0 Å². The van der Waals surface area contributed by atoms with Crippen molar-refractivity contribution in [2.75, 3.05) is 27.4 Å². The fraction of sp³-hybridized carbons (Fsp3) is 0.345. The molecule has 0 unspecified atom stereocenters. The number of aromatic hydroxyl groups is 1. The van der Waals surface area contributed by atoms with Crippen LogP contribution in [0.15, 0.2) is 103 Å². The molecule has 0 spiro atoms. The van der Waals surface area contributed by atoms with Crippen LogP contribution in [0.4, 0.5) is 0 Å². The Balaban J connectivity index is 0.000000157. The van der Waals surface area contributed by atoms with Crippen molar-refractivity contribution >= 4 is 33.7 Å². The third-order valence-electron chi connectivity index (χ3n) is 13.9. The van der Waals surface area contributed by atoms with Crippen molar-refractivity contribution in [1.82, 2.24) is 9.13 Å². The topological polar surface area (TPSA) is 110 Å². The summed E-state index contributed by atoms with van der Waals surface area (Å²) in [7, 11) is 2.84. The molecule has 10 heteroatoms. The lowest BCUT2D eigenvalue weighted by Crippen LogP contribution is -2.07. The van der Waals surface area contributed by atoms with Gasteiger partial charge in [-0.25, -0.2) is 9.59 Å². The number of carbonyl (C=O) groups is 2. The lowest BCUT2D eigenvalue weighted by Gasteiger charge is -2.23. The molecule has 0 amide bonds. The van der Waals surface area contributed by atoms with Gasteiger partial charge in [0, 0.05) is 45.1 Å². The molecular weight excluding hydrogens is 817 g/mol. The molecule has 2 aromatic heterocycles. The van der Waals surface area contributed by atoms with Crippen molar-refractivity contribution in [3.63, 3.8) is 0 Å². The molecule has 334 valence electrons. The van der Waals surface area contributed by atoms with Crippen LogP contribution >= 0.6 is 0 Å². The largest absolute Gasteiger partial charge is 0.508 e. The molecule has 65 heavy (non-hydrogen) atoms. The molecule has 2 aliphatic carbocycles. The summed E-state index contributed by atoms with van der Waals surface area (Å²) >= 11 is 0. The molecule has 0 radical (unpaired) electrons. The monoisotopic (exact) mass is 872 g/mol. The summed E-state index contributed by atoms with van der Waals surface area (Å²) in [6.07, 6.45) is 12.4. The van der Waals surface area contributed by atoms with Crippen LogP contribution in [0.1, 0.15) is 113 Å². The molecule has 2 fully saturated rings. The minimum atomic E-state index is -0.322. The molecule has 0 atom stereocenters. The Labute approximate surface area is 379 Å². The molecule has 0 saturated heterocycles. The molecule has 10 nitrogen and oxygen atoms in total. The van der Waals surface area contributed by atoms with E-state index in [1.54, 1.807) is 12.1 Å². The van der Waals surface area contributed by atoms with Crippen LogP contribution in [0.25, 0.3) is 44.3 Å². The van der Waals surface area contributed by atoms with Crippen molar-refractivity contribution in [1.29, 1.82) is 0 Å². The van der Waals surface area contributed by atoms with E-state index in [1.807, 2.05) is 60.7 Å². The summed E-state index contributed by atoms with van der Waals surface area (Å²) in [5, 5.41) is 12.4. The Morgan fingerprint density at radius 1 is 0.600 bits per heavy atom. The van der Waals surface area contributed by atoms with Gasteiger partial charge >= 0.3 is 11.9 Å². The molecule has 11 rings (SSSR count). The predicted molar refractivity (Wildman–Crippen MR) is 253 cm³/mol. The predicted octanol–water partition coefficient (Wildman–Crippen LogP) is 12.4. The van der Waals surface area contributed by atoms with Crippen molar-refractivity contribution in [2.45, 2.75) is 95.7 Å². The quantitative estimate of drug-likeness (QED) is 0.158. The minimum Gasteiger partial charge on any atom is -0.508 e. The highest BCUT2D eigenvalue weighted by Crippen LogP contribution is 2.49. The first kappa shape index (κ1) is 42.3. The van der Waals surface area contributed by atoms with Gasteiger partial charge in [-0.1, -0.05) is 81.0 Å². The summed E-state index contributed by atoms with van der Waals surface area (Å²) in [6, 6.07) is 33.7. The van der Waals surface area contributed by atoms with E-state index in [0.717, 1.165) is 51.5 Å². The van der Waals surface area contributed by atoms with Crippen molar-refractivity contribution in [3.8, 4) is 45.5 Å². The fourth-order valence-electron chi connectivity index (χ4n) is 10.9. The summed E-state index contributed by atoms with van der Waals surface area (Å²) < 4.78 is 33.0. The van der Waals surface area contributed by atoms with E-state index in [9.17, 15) is 14.7 Å². The van der Waals surface area contributed by atoms with Gasteiger partial charge in [0.05, 0.1) is 49.8 Å². The molecule has 2 saturated carbocycles. The van der Waals surface area contributed by atoms with Crippen molar-refractivity contribution < 1.29 is 38.4 Å². The van der Waals surface area contributed by atoms with Gasteiger partial charge in [-0.15, -0.1) is 0 Å². The maximum atomic E-state index is 12.3. The number of ether oxygens (including phenoxy) is 5. The lowest BCUT2D eigenvalue weighted by atomic mass is 9.81. The van der Waals surface area contributed by atoms with Crippen LogP contribution < -0.4 is 14.2 Å². The smallest absolute Gasteiger partial charge is 0.337 e. The zero-order valence-electron chi connectivity index (χ0n) is 37.3. The molecular formula is C55H56N2O8. The zero-order valence-corrected chi connectivity index (χ0v) is 37.3. The number of rotatable bonds is 7. The van der Waals surface area contributed by atoms with Crippen molar-refractivity contribution in [3.05, 3.63) is 131 Å². The Bertz CT molecular complexity index is 2880. The molecule has 1 N–H and O–H groups in total. The molecule has 5 aromatic carbocycles. The molecule has 0 bridgehead atoms. The summed E-state index contributed by atoms with van der Waals surface area (Å²) in [5.74, 6) is 2.95. The molecule has 4 heterocycles. The number of hydrogen-bond acceptors (Lipinski definition) is 8. The van der Waals surface area contributed by atoms with Gasteiger partial charge < -0.3 is 37.9 Å². The summed E-state index contributed by atoms with van der Waals surface area (Å²) in [5.41, 5.74) is 11.6. The van der Waals surface area contributed by atoms with E-state index in [0.29, 0.717) is 49.3 Å². The SMILES string of the molecule is COC(=O)c1ccc2c(C3CCCCC3)c3n(c2c1)CCOc1cc(O)ccc1-3.COC(=O)c1ccc2c(C3CCCCC3)c3n(c2c1)CCOc1cc(OCc2ccccc2)ccc1-3. The maximum absolute atomic E-state index is 12.3. The first-order valence-electron chi connectivity index (χ1n) is 23.3. The van der Waals surface area contributed by atoms with Gasteiger partial charge in [0.25, 0.3) is 0 Å². The average Bonchev–Trinajstić information content (AvgIpc) is 3.68. The highest BCUT2D eigenvalue weighted by atomic mass is 16.5. The number of benzene rings is 5. The normalized spacial score (nSPS) is 16.0. The fourth-order valence-corrected chi connectivity index (χ4v) is 10.9. The molecule has 7 aromatic rings. The van der Waals surface area contributed by atoms with Crippen LogP contribution in [0.5, 0.6) is 23.0 Å². The Morgan fingerprint density at radius 3 is 1.63 bits per heavy atom. The van der Waals surface area contributed by atoms with Gasteiger partial charge in [0.2, 0.25) is 0 Å². The summed E-state index contributed by atoms with van der Waals surface area (Å²) in [4.78, 5) is 24.5. The number of esters is 2. The Morgan fingerprint density at radius 2 is 1.11 bits per heavy atom.